The minimum absolute atomic E-state index is 0.779. The summed E-state index contributed by atoms with van der Waals surface area (Å²) in [6, 6.07) is 8.78. The number of rotatable bonds is 9. The number of nitrogens with zero attached hydrogens (tertiary/aromatic N) is 1. The molecule has 0 aliphatic rings. The molecular weight excluding hydrogens is 224 g/mol. The van der Waals surface area contributed by atoms with Gasteiger partial charge in [-0.3, -0.25) is 0 Å². The van der Waals surface area contributed by atoms with Crippen molar-refractivity contribution < 1.29 is 4.74 Å². The molecule has 3 heteroatoms. The van der Waals surface area contributed by atoms with Gasteiger partial charge >= 0.3 is 0 Å². The molecule has 18 heavy (non-hydrogen) atoms. The average molecular weight is 250 g/mol. The van der Waals surface area contributed by atoms with Gasteiger partial charge in [-0.1, -0.05) is 31.2 Å². The van der Waals surface area contributed by atoms with Crippen LogP contribution in [0, 0.1) is 0 Å². The molecule has 1 aromatic rings. The Hall–Kier alpha value is -0.900. The third-order valence-corrected chi connectivity index (χ3v) is 2.87. The van der Waals surface area contributed by atoms with Crippen LogP contribution in [0.5, 0.6) is 0 Å². The quantitative estimate of drug-likeness (QED) is 0.678. The maximum Gasteiger partial charge on any atom is 0.0593 e. The van der Waals surface area contributed by atoms with Gasteiger partial charge in [-0.2, -0.15) is 0 Å². The first kappa shape index (κ1) is 15.2. The van der Waals surface area contributed by atoms with E-state index in [4.69, 9.17) is 4.74 Å². The summed E-state index contributed by atoms with van der Waals surface area (Å²) in [5, 5.41) is 3.39. The molecule has 0 aliphatic carbocycles. The van der Waals surface area contributed by atoms with E-state index in [9.17, 15) is 0 Å². The first-order chi connectivity index (χ1) is 8.72. The lowest BCUT2D eigenvalue weighted by Crippen LogP contribution is -2.23. The zero-order chi connectivity index (χ0) is 13.2. The molecule has 1 rings (SSSR count). The summed E-state index contributed by atoms with van der Waals surface area (Å²) in [4.78, 5) is 2.13. The van der Waals surface area contributed by atoms with Gasteiger partial charge in [-0.25, -0.2) is 0 Å². The van der Waals surface area contributed by atoms with Gasteiger partial charge in [-0.05, 0) is 31.6 Å². The Morgan fingerprint density at radius 2 is 1.72 bits per heavy atom. The minimum atomic E-state index is 0.779. The standard InChI is InChI=1S/C15H26N2O/c1-4-14-5-7-15(8-6-14)13-16-9-11-18-12-10-17(2)3/h5-8,16H,4,9-13H2,1-3H3. The van der Waals surface area contributed by atoms with E-state index in [-0.39, 0.29) is 0 Å². The second kappa shape index (κ2) is 9.09. The molecule has 0 fully saturated rings. The van der Waals surface area contributed by atoms with E-state index in [1.165, 1.54) is 11.1 Å². The molecule has 0 saturated carbocycles. The van der Waals surface area contributed by atoms with Crippen molar-refractivity contribution in [2.45, 2.75) is 19.9 Å². The van der Waals surface area contributed by atoms with Gasteiger partial charge < -0.3 is 15.0 Å². The average Bonchev–Trinajstić information content (AvgIpc) is 2.38. The van der Waals surface area contributed by atoms with Crippen LogP contribution in [-0.2, 0) is 17.7 Å². The highest BCUT2D eigenvalue weighted by atomic mass is 16.5. The van der Waals surface area contributed by atoms with Crippen LogP contribution >= 0.6 is 0 Å². The van der Waals surface area contributed by atoms with E-state index in [0.717, 1.165) is 39.3 Å². The molecule has 0 heterocycles. The second-order valence-electron chi connectivity index (χ2n) is 4.76. The second-order valence-corrected chi connectivity index (χ2v) is 4.76. The van der Waals surface area contributed by atoms with Gasteiger partial charge in [0.25, 0.3) is 0 Å². The van der Waals surface area contributed by atoms with Crippen molar-refractivity contribution >= 4 is 0 Å². The maximum atomic E-state index is 5.51. The van der Waals surface area contributed by atoms with Crippen molar-refractivity contribution in [1.29, 1.82) is 0 Å². The monoisotopic (exact) mass is 250 g/mol. The van der Waals surface area contributed by atoms with E-state index < -0.39 is 0 Å². The van der Waals surface area contributed by atoms with Crippen molar-refractivity contribution in [3.05, 3.63) is 35.4 Å². The lowest BCUT2D eigenvalue weighted by Gasteiger charge is -2.10. The molecule has 1 aromatic carbocycles. The number of ether oxygens (including phenoxy) is 1. The summed E-state index contributed by atoms with van der Waals surface area (Å²) in [5.41, 5.74) is 2.73. The van der Waals surface area contributed by atoms with Gasteiger partial charge in [0.15, 0.2) is 0 Å². The van der Waals surface area contributed by atoms with Crippen LogP contribution in [0.25, 0.3) is 0 Å². The molecule has 0 spiro atoms. The van der Waals surface area contributed by atoms with Crippen LogP contribution in [0.3, 0.4) is 0 Å². The smallest absolute Gasteiger partial charge is 0.0593 e. The number of likely N-dealkylation sites (N-methyl/N-ethyl adjacent to an activating group) is 1. The van der Waals surface area contributed by atoms with Gasteiger partial charge in [0.05, 0.1) is 13.2 Å². The van der Waals surface area contributed by atoms with Crippen molar-refractivity contribution in [2.24, 2.45) is 0 Å². The number of nitrogens with one attached hydrogen (secondary N) is 1. The lowest BCUT2D eigenvalue weighted by molar-refractivity contribution is 0.119. The Labute approximate surface area is 111 Å². The third kappa shape index (κ3) is 6.74. The summed E-state index contributed by atoms with van der Waals surface area (Å²) in [6.07, 6.45) is 1.10. The van der Waals surface area contributed by atoms with Gasteiger partial charge in [0, 0.05) is 19.6 Å². The van der Waals surface area contributed by atoms with E-state index in [1.54, 1.807) is 0 Å². The van der Waals surface area contributed by atoms with E-state index in [2.05, 4.69) is 55.5 Å². The number of benzene rings is 1. The molecule has 0 unspecified atom stereocenters. The SMILES string of the molecule is CCc1ccc(CNCCOCCN(C)C)cc1. The fraction of sp³-hybridized carbons (Fsp3) is 0.600. The Kier molecular flexibility index (Phi) is 7.65. The highest BCUT2D eigenvalue weighted by Gasteiger charge is 1.94. The third-order valence-electron chi connectivity index (χ3n) is 2.87. The fourth-order valence-corrected chi connectivity index (χ4v) is 1.62. The number of hydrogen-bond acceptors (Lipinski definition) is 3. The highest BCUT2D eigenvalue weighted by Crippen LogP contribution is 2.04. The van der Waals surface area contributed by atoms with Crippen LogP contribution in [0.2, 0.25) is 0 Å². The predicted molar refractivity (Wildman–Crippen MR) is 76.9 cm³/mol. The van der Waals surface area contributed by atoms with Gasteiger partial charge in [0.1, 0.15) is 0 Å². The summed E-state index contributed by atoms with van der Waals surface area (Å²) in [6.45, 7) is 6.57. The summed E-state index contributed by atoms with van der Waals surface area (Å²) >= 11 is 0. The van der Waals surface area contributed by atoms with Crippen molar-refractivity contribution in [2.75, 3.05) is 40.4 Å². The molecule has 0 aliphatic heterocycles. The first-order valence-corrected chi connectivity index (χ1v) is 6.73. The first-order valence-electron chi connectivity index (χ1n) is 6.73. The molecule has 1 N–H and O–H groups in total. The fourth-order valence-electron chi connectivity index (χ4n) is 1.62. The number of aryl methyl sites for hydroxylation is 1. The topological polar surface area (TPSA) is 24.5 Å². The number of hydrogen-bond donors (Lipinski definition) is 1. The van der Waals surface area contributed by atoms with E-state index >= 15 is 0 Å². The Balaban J connectivity index is 2.03. The van der Waals surface area contributed by atoms with Crippen LogP contribution in [0.1, 0.15) is 18.1 Å². The molecule has 0 radical (unpaired) electrons. The van der Waals surface area contributed by atoms with Crippen LogP contribution < -0.4 is 5.32 Å². The predicted octanol–water partition coefficient (Wildman–Crippen LogP) is 1.92. The zero-order valence-electron chi connectivity index (χ0n) is 11.9. The summed E-state index contributed by atoms with van der Waals surface area (Å²) in [5.74, 6) is 0. The molecule has 102 valence electrons. The Morgan fingerprint density at radius 3 is 2.33 bits per heavy atom. The van der Waals surface area contributed by atoms with Crippen LogP contribution in [0.15, 0.2) is 24.3 Å². The van der Waals surface area contributed by atoms with E-state index in [0.29, 0.717) is 0 Å². The molecule has 0 saturated heterocycles. The van der Waals surface area contributed by atoms with Crippen molar-refractivity contribution in [1.82, 2.24) is 10.2 Å². The molecule has 0 bridgehead atoms. The lowest BCUT2D eigenvalue weighted by atomic mass is 10.1. The summed E-state index contributed by atoms with van der Waals surface area (Å²) < 4.78 is 5.51. The molecule has 3 nitrogen and oxygen atoms in total. The van der Waals surface area contributed by atoms with Crippen molar-refractivity contribution in [3.63, 3.8) is 0 Å². The summed E-state index contributed by atoms with van der Waals surface area (Å²) in [7, 11) is 4.11. The zero-order valence-corrected chi connectivity index (χ0v) is 11.9. The van der Waals surface area contributed by atoms with Crippen LogP contribution in [0.4, 0.5) is 0 Å². The van der Waals surface area contributed by atoms with Gasteiger partial charge in [-0.15, -0.1) is 0 Å². The largest absolute Gasteiger partial charge is 0.379 e. The van der Waals surface area contributed by atoms with Gasteiger partial charge in [0.2, 0.25) is 0 Å². The van der Waals surface area contributed by atoms with Crippen molar-refractivity contribution in [3.8, 4) is 0 Å². The maximum absolute atomic E-state index is 5.51. The molecule has 0 aromatic heterocycles. The molecular formula is C15H26N2O. The Morgan fingerprint density at radius 1 is 1.06 bits per heavy atom. The van der Waals surface area contributed by atoms with Crippen LogP contribution in [-0.4, -0.2) is 45.3 Å². The molecule has 0 atom stereocenters. The minimum Gasteiger partial charge on any atom is -0.379 e. The highest BCUT2D eigenvalue weighted by molar-refractivity contribution is 5.22. The normalized spacial score (nSPS) is 11.1. The Bertz CT molecular complexity index is 309. The molecule has 0 amide bonds. The van der Waals surface area contributed by atoms with E-state index in [1.807, 2.05) is 0 Å².